The molecule has 112 valence electrons. The van der Waals surface area contributed by atoms with E-state index in [2.05, 4.69) is 37.3 Å². The summed E-state index contributed by atoms with van der Waals surface area (Å²) in [6.45, 7) is 11.1. The Morgan fingerprint density at radius 1 is 1.29 bits per heavy atom. The van der Waals surface area contributed by atoms with E-state index in [0.717, 1.165) is 28.3 Å². The van der Waals surface area contributed by atoms with Gasteiger partial charge in [-0.05, 0) is 46.2 Å². The Hall–Kier alpha value is -2.22. The van der Waals surface area contributed by atoms with Crippen molar-refractivity contribution in [2.45, 2.75) is 47.2 Å². The quantitative estimate of drug-likeness (QED) is 0.938. The molecule has 0 aliphatic carbocycles. The number of nitrogens with zero attached hydrogens (tertiary/aromatic N) is 4. The van der Waals surface area contributed by atoms with Crippen molar-refractivity contribution in [1.29, 1.82) is 5.26 Å². The zero-order valence-corrected chi connectivity index (χ0v) is 13.7. The number of hydrogen-bond acceptors (Lipinski definition) is 3. The Morgan fingerprint density at radius 3 is 2.43 bits per heavy atom. The molecular formula is C16H23N5. The standard InChI is InChI=1S/C16H23N5/c1-10(2)21-13(5)16(11(3)19-21)18-9-14-7-15(8-17)20(6)12(14)4/h7,10,18H,9H2,1-6H3. The summed E-state index contributed by atoms with van der Waals surface area (Å²) in [5, 5.41) is 17.1. The van der Waals surface area contributed by atoms with Crippen molar-refractivity contribution in [2.75, 3.05) is 5.32 Å². The van der Waals surface area contributed by atoms with E-state index in [1.54, 1.807) is 0 Å². The third-order valence-corrected chi connectivity index (χ3v) is 4.02. The van der Waals surface area contributed by atoms with Gasteiger partial charge < -0.3 is 9.88 Å². The smallest absolute Gasteiger partial charge is 0.120 e. The Kier molecular flexibility index (Phi) is 4.08. The molecule has 5 heteroatoms. The van der Waals surface area contributed by atoms with Gasteiger partial charge in [-0.2, -0.15) is 10.4 Å². The third-order valence-electron chi connectivity index (χ3n) is 4.02. The van der Waals surface area contributed by atoms with E-state index in [1.165, 1.54) is 0 Å². The molecule has 0 saturated heterocycles. The molecule has 0 saturated carbocycles. The maximum Gasteiger partial charge on any atom is 0.120 e. The molecule has 0 radical (unpaired) electrons. The zero-order valence-electron chi connectivity index (χ0n) is 13.7. The summed E-state index contributed by atoms with van der Waals surface area (Å²) in [6.07, 6.45) is 0. The first-order chi connectivity index (χ1) is 9.86. The van der Waals surface area contributed by atoms with Crippen LogP contribution in [0.2, 0.25) is 0 Å². The maximum absolute atomic E-state index is 9.09. The van der Waals surface area contributed by atoms with Gasteiger partial charge >= 0.3 is 0 Å². The highest BCUT2D eigenvalue weighted by molar-refractivity contribution is 5.53. The molecule has 0 aliphatic heterocycles. The molecule has 2 heterocycles. The molecule has 0 atom stereocenters. The monoisotopic (exact) mass is 285 g/mol. The number of rotatable bonds is 4. The van der Waals surface area contributed by atoms with Crippen LogP contribution in [-0.2, 0) is 13.6 Å². The van der Waals surface area contributed by atoms with Gasteiger partial charge in [-0.3, -0.25) is 4.68 Å². The first kappa shape index (κ1) is 15.2. The summed E-state index contributed by atoms with van der Waals surface area (Å²) >= 11 is 0. The molecule has 5 nitrogen and oxygen atoms in total. The first-order valence-corrected chi connectivity index (χ1v) is 7.21. The summed E-state index contributed by atoms with van der Waals surface area (Å²) in [7, 11) is 1.92. The van der Waals surface area contributed by atoms with Gasteiger partial charge in [-0.15, -0.1) is 0 Å². The highest BCUT2D eigenvalue weighted by Crippen LogP contribution is 2.24. The fourth-order valence-corrected chi connectivity index (χ4v) is 2.65. The normalized spacial score (nSPS) is 11.0. The highest BCUT2D eigenvalue weighted by atomic mass is 15.3. The lowest BCUT2D eigenvalue weighted by Gasteiger charge is -2.10. The first-order valence-electron chi connectivity index (χ1n) is 7.21. The lowest BCUT2D eigenvalue weighted by Crippen LogP contribution is -2.06. The molecule has 21 heavy (non-hydrogen) atoms. The molecule has 0 bridgehead atoms. The van der Waals surface area contributed by atoms with Crippen molar-refractivity contribution in [1.82, 2.24) is 14.3 Å². The molecule has 0 spiro atoms. The van der Waals surface area contributed by atoms with Crippen LogP contribution in [0.5, 0.6) is 0 Å². The van der Waals surface area contributed by atoms with Crippen LogP contribution >= 0.6 is 0 Å². The van der Waals surface area contributed by atoms with Crippen molar-refractivity contribution >= 4 is 5.69 Å². The number of nitriles is 1. The van der Waals surface area contributed by atoms with Crippen molar-refractivity contribution in [2.24, 2.45) is 7.05 Å². The van der Waals surface area contributed by atoms with E-state index in [0.29, 0.717) is 18.3 Å². The van der Waals surface area contributed by atoms with Gasteiger partial charge in [-0.1, -0.05) is 0 Å². The van der Waals surface area contributed by atoms with Gasteiger partial charge in [-0.25, -0.2) is 0 Å². The maximum atomic E-state index is 9.09. The minimum Gasteiger partial charge on any atom is -0.378 e. The van der Waals surface area contributed by atoms with Crippen molar-refractivity contribution in [3.8, 4) is 6.07 Å². The van der Waals surface area contributed by atoms with Crippen LogP contribution in [0.3, 0.4) is 0 Å². The van der Waals surface area contributed by atoms with Crippen LogP contribution in [0, 0.1) is 32.1 Å². The fraction of sp³-hybridized carbons (Fsp3) is 0.500. The van der Waals surface area contributed by atoms with Gasteiger partial charge in [0.25, 0.3) is 0 Å². The largest absolute Gasteiger partial charge is 0.378 e. The molecule has 2 aromatic rings. The number of nitrogens with one attached hydrogen (secondary N) is 1. The Morgan fingerprint density at radius 2 is 1.95 bits per heavy atom. The molecular weight excluding hydrogens is 262 g/mol. The van der Waals surface area contributed by atoms with E-state index in [9.17, 15) is 0 Å². The predicted molar refractivity (Wildman–Crippen MR) is 84.3 cm³/mol. The van der Waals surface area contributed by atoms with Crippen molar-refractivity contribution in [3.05, 3.63) is 34.4 Å². The summed E-state index contributed by atoms with van der Waals surface area (Å²) in [4.78, 5) is 0. The summed E-state index contributed by atoms with van der Waals surface area (Å²) in [5.74, 6) is 0. The number of anilines is 1. The molecule has 1 N–H and O–H groups in total. The lowest BCUT2D eigenvalue weighted by molar-refractivity contribution is 0.516. The van der Waals surface area contributed by atoms with Gasteiger partial charge in [0.05, 0.1) is 17.1 Å². The topological polar surface area (TPSA) is 58.6 Å². The average Bonchev–Trinajstić information content (AvgIpc) is 2.87. The highest BCUT2D eigenvalue weighted by Gasteiger charge is 2.14. The van der Waals surface area contributed by atoms with Gasteiger partial charge in [0, 0.05) is 25.3 Å². The van der Waals surface area contributed by atoms with E-state index in [4.69, 9.17) is 5.26 Å². The van der Waals surface area contributed by atoms with E-state index in [1.807, 2.05) is 36.2 Å². The van der Waals surface area contributed by atoms with Crippen LogP contribution < -0.4 is 5.32 Å². The van der Waals surface area contributed by atoms with Crippen LogP contribution in [0.25, 0.3) is 0 Å². The molecule has 0 aromatic carbocycles. The number of aryl methyl sites for hydroxylation is 1. The van der Waals surface area contributed by atoms with Crippen molar-refractivity contribution in [3.63, 3.8) is 0 Å². The van der Waals surface area contributed by atoms with Crippen molar-refractivity contribution < 1.29 is 0 Å². The molecule has 0 aliphatic rings. The minimum absolute atomic E-state index is 0.350. The van der Waals surface area contributed by atoms with Gasteiger partial charge in [0.2, 0.25) is 0 Å². The predicted octanol–water partition coefficient (Wildman–Crippen LogP) is 3.21. The summed E-state index contributed by atoms with van der Waals surface area (Å²) < 4.78 is 3.96. The fourth-order valence-electron chi connectivity index (χ4n) is 2.65. The Bertz CT molecular complexity index is 697. The molecule has 0 amide bonds. The SMILES string of the molecule is Cc1nn(C(C)C)c(C)c1NCc1cc(C#N)n(C)c1C. The average molecular weight is 285 g/mol. The second-order valence-corrected chi connectivity index (χ2v) is 5.75. The lowest BCUT2D eigenvalue weighted by atomic mass is 10.2. The number of aromatic nitrogens is 3. The summed E-state index contributed by atoms with van der Waals surface area (Å²) in [6, 6.07) is 4.51. The second kappa shape index (κ2) is 5.65. The molecule has 2 aromatic heterocycles. The molecule has 0 unspecified atom stereocenters. The van der Waals surface area contributed by atoms with E-state index in [-0.39, 0.29) is 0 Å². The van der Waals surface area contributed by atoms with Crippen LogP contribution in [0.4, 0.5) is 5.69 Å². The Balaban J connectivity index is 2.23. The van der Waals surface area contributed by atoms with Crippen LogP contribution in [-0.4, -0.2) is 14.3 Å². The van der Waals surface area contributed by atoms with Gasteiger partial charge in [0.1, 0.15) is 11.8 Å². The summed E-state index contributed by atoms with van der Waals surface area (Å²) in [5.41, 5.74) is 6.20. The van der Waals surface area contributed by atoms with E-state index >= 15 is 0 Å². The third kappa shape index (κ3) is 2.66. The van der Waals surface area contributed by atoms with Crippen LogP contribution in [0.15, 0.2) is 6.07 Å². The Labute approximate surface area is 126 Å². The minimum atomic E-state index is 0.350. The van der Waals surface area contributed by atoms with Gasteiger partial charge in [0.15, 0.2) is 0 Å². The second-order valence-electron chi connectivity index (χ2n) is 5.75. The van der Waals surface area contributed by atoms with E-state index < -0.39 is 0 Å². The number of hydrogen-bond donors (Lipinski definition) is 1. The molecule has 0 fully saturated rings. The molecule has 2 rings (SSSR count). The van der Waals surface area contributed by atoms with Crippen LogP contribution in [0.1, 0.15) is 48.2 Å². The zero-order chi connectivity index (χ0) is 15.7.